The summed E-state index contributed by atoms with van der Waals surface area (Å²) in [5, 5.41) is 0.325. The van der Waals surface area contributed by atoms with Gasteiger partial charge >= 0.3 is 0 Å². The van der Waals surface area contributed by atoms with Gasteiger partial charge in [0.2, 0.25) is 0 Å². The molecule has 0 unspecified atom stereocenters. The van der Waals surface area contributed by atoms with Crippen LogP contribution >= 0.6 is 35.6 Å². The molecule has 7 heteroatoms. The molecular weight excluding hydrogens is 405 g/mol. The lowest BCUT2D eigenvalue weighted by molar-refractivity contribution is -0.122. The summed E-state index contributed by atoms with van der Waals surface area (Å²) < 4.78 is 20.1. The van der Waals surface area contributed by atoms with E-state index in [4.69, 9.17) is 28.6 Å². The van der Waals surface area contributed by atoms with E-state index in [0.29, 0.717) is 32.1 Å². The number of nitrogens with zero attached hydrogens (tertiary/aromatic N) is 1. The number of hydrogen-bond acceptors (Lipinski definition) is 4. The van der Waals surface area contributed by atoms with Crippen LogP contribution in [0.3, 0.4) is 0 Å². The van der Waals surface area contributed by atoms with Crippen molar-refractivity contribution in [3.05, 3.63) is 69.3 Å². The molecule has 2 aromatic carbocycles. The molecule has 0 aromatic heterocycles. The third kappa shape index (κ3) is 4.69. The van der Waals surface area contributed by atoms with Gasteiger partial charge in [-0.2, -0.15) is 0 Å². The number of carbonyl (C=O) groups is 1. The van der Waals surface area contributed by atoms with Gasteiger partial charge in [-0.25, -0.2) is 4.39 Å². The van der Waals surface area contributed by atoms with Crippen LogP contribution in [0.2, 0.25) is 5.02 Å². The molecule has 27 heavy (non-hydrogen) atoms. The second-order valence-corrected chi connectivity index (χ2v) is 7.98. The lowest BCUT2D eigenvalue weighted by Gasteiger charge is -2.12. The standard InChI is InChI=1S/C20H17ClFNO2S2/c1-2-9-23-19(24)18(27-20(23)26)11-13-5-3-6-14(10-13)25-12-15-16(21)7-4-8-17(15)22/h3-8,10-11H,2,9,12H2,1H3. The van der Waals surface area contributed by atoms with Gasteiger partial charge in [-0.05, 0) is 42.3 Å². The van der Waals surface area contributed by atoms with Crippen molar-refractivity contribution in [2.45, 2.75) is 20.0 Å². The van der Waals surface area contributed by atoms with Gasteiger partial charge in [0.05, 0.1) is 9.93 Å². The van der Waals surface area contributed by atoms with E-state index in [2.05, 4.69) is 0 Å². The summed E-state index contributed by atoms with van der Waals surface area (Å²) in [5.74, 6) is 0.0849. The van der Waals surface area contributed by atoms with Crippen molar-refractivity contribution in [3.8, 4) is 5.75 Å². The van der Waals surface area contributed by atoms with Crippen molar-refractivity contribution < 1.29 is 13.9 Å². The van der Waals surface area contributed by atoms with Crippen molar-refractivity contribution >= 4 is 51.9 Å². The molecule has 0 spiro atoms. The maximum Gasteiger partial charge on any atom is 0.266 e. The summed E-state index contributed by atoms with van der Waals surface area (Å²) in [4.78, 5) is 14.6. The summed E-state index contributed by atoms with van der Waals surface area (Å²) in [5.41, 5.74) is 1.12. The summed E-state index contributed by atoms with van der Waals surface area (Å²) in [6, 6.07) is 11.8. The molecule has 1 aliphatic heterocycles. The number of hydrogen-bond donors (Lipinski definition) is 0. The number of thioether (sulfide) groups is 1. The predicted octanol–water partition coefficient (Wildman–Crippen LogP) is 5.67. The lowest BCUT2D eigenvalue weighted by atomic mass is 10.2. The van der Waals surface area contributed by atoms with Gasteiger partial charge < -0.3 is 4.74 Å². The second-order valence-electron chi connectivity index (χ2n) is 5.89. The SMILES string of the molecule is CCCN1C(=O)C(=Cc2cccc(OCc3c(F)cccc3Cl)c2)SC1=S. The topological polar surface area (TPSA) is 29.5 Å². The summed E-state index contributed by atoms with van der Waals surface area (Å²) in [6.45, 7) is 2.65. The Bertz CT molecular complexity index is 896. The second kappa shape index (κ2) is 8.87. The highest BCUT2D eigenvalue weighted by atomic mass is 35.5. The van der Waals surface area contributed by atoms with Crippen LogP contribution in [0.4, 0.5) is 4.39 Å². The number of amides is 1. The highest BCUT2D eigenvalue weighted by Gasteiger charge is 2.31. The number of thiocarbonyl (C=S) groups is 1. The number of rotatable bonds is 6. The van der Waals surface area contributed by atoms with E-state index < -0.39 is 5.82 Å². The monoisotopic (exact) mass is 421 g/mol. The molecule has 3 nitrogen and oxygen atoms in total. The van der Waals surface area contributed by atoms with Crippen LogP contribution in [-0.4, -0.2) is 21.7 Å². The molecular formula is C20H17ClFNO2S2. The van der Waals surface area contributed by atoms with E-state index in [1.807, 2.05) is 19.1 Å². The van der Waals surface area contributed by atoms with Crippen LogP contribution in [0.5, 0.6) is 5.75 Å². The Morgan fingerprint density at radius 2 is 2.07 bits per heavy atom. The molecule has 1 heterocycles. The normalized spacial score (nSPS) is 15.7. The van der Waals surface area contributed by atoms with Gasteiger partial charge in [-0.3, -0.25) is 9.69 Å². The van der Waals surface area contributed by atoms with Crippen LogP contribution in [0.15, 0.2) is 47.4 Å². The van der Waals surface area contributed by atoms with Gasteiger partial charge in [0.25, 0.3) is 5.91 Å². The van der Waals surface area contributed by atoms with E-state index >= 15 is 0 Å². The maximum absolute atomic E-state index is 13.9. The van der Waals surface area contributed by atoms with Crippen LogP contribution in [-0.2, 0) is 11.4 Å². The highest BCUT2D eigenvalue weighted by molar-refractivity contribution is 8.26. The first-order valence-electron chi connectivity index (χ1n) is 8.40. The smallest absolute Gasteiger partial charge is 0.266 e. The van der Waals surface area contributed by atoms with E-state index in [-0.39, 0.29) is 12.5 Å². The summed E-state index contributed by atoms with van der Waals surface area (Å²) in [6.07, 6.45) is 2.64. The molecule has 0 aliphatic carbocycles. The van der Waals surface area contributed by atoms with Crippen LogP contribution < -0.4 is 4.74 Å². The van der Waals surface area contributed by atoms with Crippen LogP contribution in [0.25, 0.3) is 6.08 Å². The van der Waals surface area contributed by atoms with E-state index in [0.717, 1.165) is 12.0 Å². The predicted molar refractivity (Wildman–Crippen MR) is 112 cm³/mol. The van der Waals surface area contributed by atoms with Crippen molar-refractivity contribution in [2.24, 2.45) is 0 Å². The number of ether oxygens (including phenoxy) is 1. The molecule has 1 saturated heterocycles. The number of benzene rings is 2. The fourth-order valence-electron chi connectivity index (χ4n) is 2.59. The molecule has 3 rings (SSSR count). The molecule has 140 valence electrons. The quantitative estimate of drug-likeness (QED) is 0.444. The van der Waals surface area contributed by atoms with Gasteiger partial charge in [0.15, 0.2) is 0 Å². The highest BCUT2D eigenvalue weighted by Crippen LogP contribution is 2.33. The van der Waals surface area contributed by atoms with Crippen molar-refractivity contribution in [1.82, 2.24) is 4.90 Å². The number of halogens is 2. The third-order valence-electron chi connectivity index (χ3n) is 3.92. The van der Waals surface area contributed by atoms with Gasteiger partial charge in [0, 0.05) is 12.1 Å². The fraction of sp³-hybridized carbons (Fsp3) is 0.200. The Morgan fingerprint density at radius 3 is 2.81 bits per heavy atom. The molecule has 0 bridgehead atoms. The Labute approximate surface area is 172 Å². The van der Waals surface area contributed by atoms with Crippen molar-refractivity contribution in [2.75, 3.05) is 6.54 Å². The van der Waals surface area contributed by atoms with Crippen molar-refractivity contribution in [1.29, 1.82) is 0 Å². The molecule has 1 aliphatic rings. The molecule has 1 fully saturated rings. The molecule has 0 saturated carbocycles. The van der Waals surface area contributed by atoms with Gasteiger partial charge in [0.1, 0.15) is 22.5 Å². The lowest BCUT2D eigenvalue weighted by Crippen LogP contribution is -2.28. The molecule has 0 atom stereocenters. The van der Waals surface area contributed by atoms with Gasteiger partial charge in [-0.1, -0.05) is 60.7 Å². The molecule has 2 aromatic rings. The molecule has 1 amide bonds. The van der Waals surface area contributed by atoms with Crippen LogP contribution in [0.1, 0.15) is 24.5 Å². The van der Waals surface area contributed by atoms with E-state index in [9.17, 15) is 9.18 Å². The first-order chi connectivity index (χ1) is 13.0. The number of carbonyl (C=O) groups excluding carboxylic acids is 1. The largest absolute Gasteiger partial charge is 0.489 e. The van der Waals surface area contributed by atoms with Crippen LogP contribution in [0, 0.1) is 5.82 Å². The minimum atomic E-state index is -0.404. The first-order valence-corrected chi connectivity index (χ1v) is 10.0. The molecule has 0 radical (unpaired) electrons. The molecule has 0 N–H and O–H groups in total. The average Bonchev–Trinajstić information content (AvgIpc) is 2.89. The van der Waals surface area contributed by atoms with Crippen molar-refractivity contribution in [3.63, 3.8) is 0 Å². The Kier molecular flexibility index (Phi) is 6.52. The zero-order chi connectivity index (χ0) is 19.4. The maximum atomic E-state index is 13.9. The zero-order valence-corrected chi connectivity index (χ0v) is 17.0. The Morgan fingerprint density at radius 1 is 1.30 bits per heavy atom. The summed E-state index contributed by atoms with van der Waals surface area (Å²) in [7, 11) is 0. The van der Waals surface area contributed by atoms with E-state index in [1.54, 1.807) is 35.2 Å². The fourth-order valence-corrected chi connectivity index (χ4v) is 4.11. The Hall–Kier alpha value is -1.89. The zero-order valence-electron chi connectivity index (χ0n) is 14.6. The minimum absolute atomic E-state index is 0.0214. The summed E-state index contributed by atoms with van der Waals surface area (Å²) >= 11 is 12.6. The third-order valence-corrected chi connectivity index (χ3v) is 5.65. The Balaban J connectivity index is 1.74. The van der Waals surface area contributed by atoms with E-state index in [1.165, 1.54) is 17.8 Å². The van der Waals surface area contributed by atoms with Gasteiger partial charge in [-0.15, -0.1) is 0 Å². The average molecular weight is 422 g/mol. The first kappa shape index (κ1) is 19.9. The minimum Gasteiger partial charge on any atom is -0.489 e.